The second-order valence-electron chi connectivity index (χ2n) is 4.71. The summed E-state index contributed by atoms with van der Waals surface area (Å²) < 4.78 is 4.99. The molecule has 0 atom stereocenters. The number of benzene rings is 1. The number of nitrogens with zero attached hydrogens (tertiary/aromatic N) is 1. The largest absolute Gasteiger partial charge is 0.507 e. The van der Waals surface area contributed by atoms with Gasteiger partial charge in [0, 0.05) is 18.2 Å². The van der Waals surface area contributed by atoms with Gasteiger partial charge in [-0.1, -0.05) is 6.07 Å². The number of rotatable bonds is 5. The van der Waals surface area contributed by atoms with Crippen LogP contribution in [0.4, 0.5) is 0 Å². The van der Waals surface area contributed by atoms with Gasteiger partial charge >= 0.3 is 5.97 Å². The van der Waals surface area contributed by atoms with Crippen molar-refractivity contribution in [2.75, 3.05) is 14.2 Å². The summed E-state index contributed by atoms with van der Waals surface area (Å²) in [5, 5.41) is 18.9. The van der Waals surface area contributed by atoms with Crippen LogP contribution < -0.4 is 4.74 Å². The molecule has 0 heterocycles. The number of phenolic OH excluding ortho intramolecular Hbond substituents is 1. The summed E-state index contributed by atoms with van der Waals surface area (Å²) in [6.45, 7) is 3.58. The van der Waals surface area contributed by atoms with Gasteiger partial charge in [-0.15, -0.1) is 0 Å². The van der Waals surface area contributed by atoms with Gasteiger partial charge in [0.1, 0.15) is 17.0 Å². The lowest BCUT2D eigenvalue weighted by molar-refractivity contribution is -0.148. The number of aromatic hydroxyl groups is 1. The van der Waals surface area contributed by atoms with Crippen LogP contribution in [0.15, 0.2) is 18.2 Å². The first-order valence-electron chi connectivity index (χ1n) is 5.59. The van der Waals surface area contributed by atoms with Gasteiger partial charge in [-0.25, -0.2) is 0 Å². The van der Waals surface area contributed by atoms with Crippen LogP contribution in [0.25, 0.3) is 0 Å². The lowest BCUT2D eigenvalue weighted by Gasteiger charge is -2.31. The second kappa shape index (κ2) is 5.27. The van der Waals surface area contributed by atoms with Gasteiger partial charge in [-0.2, -0.15) is 0 Å². The molecule has 0 unspecified atom stereocenters. The van der Waals surface area contributed by atoms with E-state index in [1.54, 1.807) is 37.9 Å². The van der Waals surface area contributed by atoms with Crippen molar-refractivity contribution in [3.63, 3.8) is 0 Å². The number of phenols is 1. The van der Waals surface area contributed by atoms with Crippen molar-refractivity contribution in [3.8, 4) is 11.5 Å². The van der Waals surface area contributed by atoms with Crippen molar-refractivity contribution >= 4 is 5.97 Å². The highest BCUT2D eigenvalue weighted by Gasteiger charge is 2.32. The van der Waals surface area contributed by atoms with E-state index in [0.717, 1.165) is 0 Å². The fraction of sp³-hybridized carbons (Fsp3) is 0.462. The molecule has 1 rings (SSSR count). The number of methoxy groups -OCH3 is 1. The van der Waals surface area contributed by atoms with Crippen LogP contribution in [0.1, 0.15) is 19.4 Å². The van der Waals surface area contributed by atoms with Gasteiger partial charge < -0.3 is 14.9 Å². The number of likely N-dealkylation sites (N-methyl/N-ethyl adjacent to an activating group) is 1. The second-order valence-corrected chi connectivity index (χ2v) is 4.71. The average molecular weight is 253 g/mol. The number of carboxylic acids is 1. The molecule has 0 aromatic heterocycles. The molecule has 1 aromatic carbocycles. The molecule has 5 heteroatoms. The molecular formula is C13H19NO4. The van der Waals surface area contributed by atoms with E-state index in [0.29, 0.717) is 17.9 Å². The molecule has 0 fully saturated rings. The van der Waals surface area contributed by atoms with Crippen molar-refractivity contribution in [2.45, 2.75) is 25.9 Å². The van der Waals surface area contributed by atoms with Gasteiger partial charge in [0.2, 0.25) is 0 Å². The summed E-state index contributed by atoms with van der Waals surface area (Å²) in [5.74, 6) is -0.239. The summed E-state index contributed by atoms with van der Waals surface area (Å²) in [7, 11) is 3.23. The topological polar surface area (TPSA) is 70.0 Å². The lowest BCUT2D eigenvalue weighted by atomic mass is 10.0. The van der Waals surface area contributed by atoms with Gasteiger partial charge in [0.25, 0.3) is 0 Å². The highest BCUT2D eigenvalue weighted by atomic mass is 16.5. The SMILES string of the molecule is COc1ccc(CN(C)C(C)(C)C(=O)O)c(O)c1. The fourth-order valence-electron chi connectivity index (χ4n) is 1.42. The van der Waals surface area contributed by atoms with E-state index in [1.165, 1.54) is 13.2 Å². The van der Waals surface area contributed by atoms with Crippen LogP contribution in [-0.4, -0.2) is 40.8 Å². The molecule has 0 aliphatic carbocycles. The Balaban J connectivity index is 2.88. The minimum Gasteiger partial charge on any atom is -0.507 e. The first-order valence-corrected chi connectivity index (χ1v) is 5.59. The van der Waals surface area contributed by atoms with Gasteiger partial charge in [0.05, 0.1) is 7.11 Å². The Morgan fingerprint density at radius 3 is 2.50 bits per heavy atom. The monoisotopic (exact) mass is 253 g/mol. The van der Waals surface area contributed by atoms with Gasteiger partial charge in [-0.3, -0.25) is 9.69 Å². The average Bonchev–Trinajstić information content (AvgIpc) is 2.31. The van der Waals surface area contributed by atoms with Crippen LogP contribution in [0.3, 0.4) is 0 Å². The normalized spacial score (nSPS) is 11.6. The smallest absolute Gasteiger partial charge is 0.323 e. The Labute approximate surface area is 107 Å². The van der Waals surface area contributed by atoms with E-state index >= 15 is 0 Å². The summed E-state index contributed by atoms with van der Waals surface area (Å²) in [6.07, 6.45) is 0. The van der Waals surface area contributed by atoms with E-state index in [4.69, 9.17) is 9.84 Å². The number of carboxylic acid groups (broad SMARTS) is 1. The van der Waals surface area contributed by atoms with Crippen molar-refractivity contribution < 1.29 is 19.7 Å². The summed E-state index contributed by atoms with van der Waals surface area (Å²) in [5.41, 5.74) is -0.334. The third-order valence-corrected chi connectivity index (χ3v) is 3.18. The summed E-state index contributed by atoms with van der Waals surface area (Å²) >= 11 is 0. The predicted octanol–water partition coefficient (Wildman–Crippen LogP) is 1.70. The molecule has 1 aromatic rings. The van der Waals surface area contributed by atoms with Crippen LogP contribution in [0, 0.1) is 0 Å². The summed E-state index contributed by atoms with van der Waals surface area (Å²) in [6, 6.07) is 4.97. The standard InChI is InChI=1S/C13H19NO4/c1-13(2,12(16)17)14(3)8-9-5-6-10(18-4)7-11(9)15/h5-7,15H,8H2,1-4H3,(H,16,17). The molecule has 0 bridgehead atoms. The molecule has 100 valence electrons. The minimum absolute atomic E-state index is 0.0994. The highest BCUT2D eigenvalue weighted by Crippen LogP contribution is 2.26. The van der Waals surface area contributed by atoms with Gasteiger partial charge in [0.15, 0.2) is 0 Å². The molecule has 0 aliphatic heterocycles. The highest BCUT2D eigenvalue weighted by molar-refractivity contribution is 5.77. The fourth-order valence-corrected chi connectivity index (χ4v) is 1.42. The first kappa shape index (κ1) is 14.3. The molecule has 0 radical (unpaired) electrons. The maximum absolute atomic E-state index is 11.1. The Bertz CT molecular complexity index is 443. The maximum atomic E-state index is 11.1. The summed E-state index contributed by atoms with van der Waals surface area (Å²) in [4.78, 5) is 12.8. The molecule has 0 aliphatic rings. The van der Waals surface area contributed by atoms with Crippen molar-refractivity contribution in [3.05, 3.63) is 23.8 Å². The number of ether oxygens (including phenoxy) is 1. The van der Waals surface area contributed by atoms with Crippen molar-refractivity contribution in [2.24, 2.45) is 0 Å². The minimum atomic E-state index is -0.994. The zero-order chi connectivity index (χ0) is 13.9. The molecule has 0 saturated heterocycles. The Morgan fingerprint density at radius 1 is 1.44 bits per heavy atom. The maximum Gasteiger partial charge on any atom is 0.323 e. The number of hydrogen-bond acceptors (Lipinski definition) is 4. The first-order chi connectivity index (χ1) is 8.28. The van der Waals surface area contributed by atoms with Gasteiger partial charge in [-0.05, 0) is 27.0 Å². The molecular weight excluding hydrogens is 234 g/mol. The van der Waals surface area contributed by atoms with Crippen molar-refractivity contribution in [1.29, 1.82) is 0 Å². The Kier molecular flexibility index (Phi) is 4.19. The zero-order valence-corrected chi connectivity index (χ0v) is 11.1. The number of hydrogen-bond donors (Lipinski definition) is 2. The quantitative estimate of drug-likeness (QED) is 0.835. The Hall–Kier alpha value is -1.75. The van der Waals surface area contributed by atoms with Crippen LogP contribution >= 0.6 is 0 Å². The van der Waals surface area contributed by atoms with Crippen LogP contribution in [0.2, 0.25) is 0 Å². The lowest BCUT2D eigenvalue weighted by Crippen LogP contribution is -2.47. The van der Waals surface area contributed by atoms with E-state index in [-0.39, 0.29) is 5.75 Å². The number of carbonyl (C=O) groups is 1. The molecule has 0 spiro atoms. The molecule has 0 amide bonds. The number of aliphatic carboxylic acids is 1. The van der Waals surface area contributed by atoms with E-state index in [2.05, 4.69) is 0 Å². The third kappa shape index (κ3) is 2.92. The van der Waals surface area contributed by atoms with Crippen LogP contribution in [0.5, 0.6) is 11.5 Å². The molecule has 0 saturated carbocycles. The third-order valence-electron chi connectivity index (χ3n) is 3.18. The van der Waals surface area contributed by atoms with Crippen molar-refractivity contribution in [1.82, 2.24) is 4.90 Å². The molecule has 5 nitrogen and oxygen atoms in total. The molecule has 18 heavy (non-hydrogen) atoms. The Morgan fingerprint density at radius 2 is 2.06 bits per heavy atom. The predicted molar refractivity (Wildman–Crippen MR) is 67.8 cm³/mol. The molecule has 2 N–H and O–H groups in total. The van der Waals surface area contributed by atoms with E-state index < -0.39 is 11.5 Å². The zero-order valence-electron chi connectivity index (χ0n) is 11.1. The van der Waals surface area contributed by atoms with E-state index in [9.17, 15) is 9.90 Å². The van der Waals surface area contributed by atoms with E-state index in [1.807, 2.05) is 0 Å². The van der Waals surface area contributed by atoms with Crippen LogP contribution in [-0.2, 0) is 11.3 Å².